The molecule has 164 valence electrons. The Morgan fingerprint density at radius 3 is 2.77 bits per heavy atom. The van der Waals surface area contributed by atoms with Gasteiger partial charge in [0.25, 0.3) is 0 Å². The maximum atomic E-state index is 12.9. The molecule has 6 nitrogen and oxygen atoms in total. The van der Waals surface area contributed by atoms with Crippen LogP contribution in [0.1, 0.15) is 22.4 Å². The highest BCUT2D eigenvalue weighted by Crippen LogP contribution is 2.33. The Morgan fingerprint density at radius 1 is 1.40 bits per heavy atom. The fourth-order valence-electron chi connectivity index (χ4n) is 3.16. The molecule has 2 heterocycles. The summed E-state index contributed by atoms with van der Waals surface area (Å²) >= 11 is 7.17. The number of hydrogen-bond acceptors (Lipinski definition) is 6. The van der Waals surface area contributed by atoms with Crippen LogP contribution in [-0.4, -0.2) is 55.3 Å². The molecule has 1 atom stereocenters. The quantitative estimate of drug-likeness (QED) is 0.683. The zero-order valence-electron chi connectivity index (χ0n) is 15.9. The second kappa shape index (κ2) is 8.81. The largest absolute Gasteiger partial charge is 0.416 e. The number of nitrogens with zero attached hydrogens (tertiary/aromatic N) is 2. The highest BCUT2D eigenvalue weighted by Gasteiger charge is 2.32. The summed E-state index contributed by atoms with van der Waals surface area (Å²) in [5.41, 5.74) is -0.466. The third-order valence-electron chi connectivity index (χ3n) is 4.76. The molecule has 1 saturated heterocycles. The molecule has 0 radical (unpaired) electrons. The summed E-state index contributed by atoms with van der Waals surface area (Å²) in [7, 11) is -1.35. The first-order valence-electron chi connectivity index (χ1n) is 8.94. The fourth-order valence-corrected chi connectivity index (χ4v) is 6.00. The van der Waals surface area contributed by atoms with Crippen LogP contribution in [0.15, 0.2) is 24.4 Å². The zero-order chi connectivity index (χ0) is 22.1. The Kier molecular flexibility index (Phi) is 6.75. The van der Waals surface area contributed by atoms with Crippen LogP contribution in [0.5, 0.6) is 0 Å². The standard InChI is InChI=1S/C18H19ClF3N3O3S2/c1-25(13-4-5-30(27,28)10-13)9-16(26)24-17-23-8-14(29-17)7-11-6-12(18(20,21)22)2-3-15(11)19/h2-3,6,8,13H,4-5,7,9-10H2,1H3,(H,23,24,26). The molecule has 1 aromatic heterocycles. The van der Waals surface area contributed by atoms with E-state index in [9.17, 15) is 26.4 Å². The van der Waals surface area contributed by atoms with Gasteiger partial charge in [-0.1, -0.05) is 11.6 Å². The Bertz CT molecular complexity index is 1040. The number of alkyl halides is 3. The number of amides is 1. The second-order valence-corrected chi connectivity index (χ2v) is 10.9. The van der Waals surface area contributed by atoms with E-state index in [1.807, 2.05) is 0 Å². The number of halogens is 4. The molecule has 1 fully saturated rings. The molecular formula is C18H19ClF3N3O3S2. The van der Waals surface area contributed by atoms with Crippen LogP contribution in [0, 0.1) is 0 Å². The lowest BCUT2D eigenvalue weighted by atomic mass is 10.1. The average Bonchev–Trinajstić information content (AvgIpc) is 3.21. The minimum atomic E-state index is -4.46. The number of benzene rings is 1. The maximum absolute atomic E-state index is 12.9. The lowest BCUT2D eigenvalue weighted by molar-refractivity contribution is -0.137. The molecule has 1 aliphatic rings. The van der Waals surface area contributed by atoms with Crippen LogP contribution in [0.4, 0.5) is 18.3 Å². The van der Waals surface area contributed by atoms with Crippen molar-refractivity contribution in [2.75, 3.05) is 30.4 Å². The van der Waals surface area contributed by atoms with E-state index in [2.05, 4.69) is 10.3 Å². The van der Waals surface area contributed by atoms with E-state index in [0.29, 0.717) is 22.0 Å². The van der Waals surface area contributed by atoms with E-state index in [4.69, 9.17) is 11.6 Å². The molecule has 0 bridgehead atoms. The molecule has 1 unspecified atom stereocenters. The number of sulfone groups is 1. The highest BCUT2D eigenvalue weighted by molar-refractivity contribution is 7.91. The van der Waals surface area contributed by atoms with E-state index >= 15 is 0 Å². The molecule has 3 rings (SSSR count). The van der Waals surface area contributed by atoms with Gasteiger partial charge in [0.1, 0.15) is 0 Å². The Labute approximate surface area is 181 Å². The number of rotatable bonds is 6. The Balaban J connectivity index is 1.60. The molecule has 1 aliphatic heterocycles. The van der Waals surface area contributed by atoms with Crippen LogP contribution in [-0.2, 0) is 27.2 Å². The van der Waals surface area contributed by atoms with Crippen LogP contribution in [0.2, 0.25) is 5.02 Å². The molecule has 1 aromatic carbocycles. The van der Waals surface area contributed by atoms with E-state index in [-0.39, 0.29) is 41.4 Å². The molecule has 30 heavy (non-hydrogen) atoms. The predicted molar refractivity (Wildman–Crippen MR) is 110 cm³/mol. The average molecular weight is 482 g/mol. The monoisotopic (exact) mass is 481 g/mol. The maximum Gasteiger partial charge on any atom is 0.416 e. The van der Waals surface area contributed by atoms with Gasteiger partial charge in [0, 0.05) is 28.6 Å². The van der Waals surface area contributed by atoms with Gasteiger partial charge in [0.15, 0.2) is 15.0 Å². The summed E-state index contributed by atoms with van der Waals surface area (Å²) < 4.78 is 61.9. The van der Waals surface area contributed by atoms with Crippen molar-refractivity contribution >= 4 is 43.8 Å². The van der Waals surface area contributed by atoms with E-state index in [1.54, 1.807) is 11.9 Å². The van der Waals surface area contributed by atoms with Crippen molar-refractivity contribution in [3.05, 3.63) is 45.4 Å². The predicted octanol–water partition coefficient (Wildman–Crippen LogP) is 3.46. The number of nitrogens with one attached hydrogen (secondary N) is 1. The number of likely N-dealkylation sites (N-methyl/N-ethyl adjacent to an activating group) is 1. The summed E-state index contributed by atoms with van der Waals surface area (Å²) in [6.07, 6.45) is -2.34. The lowest BCUT2D eigenvalue weighted by Crippen LogP contribution is -2.38. The van der Waals surface area contributed by atoms with Gasteiger partial charge in [0.05, 0.1) is 23.6 Å². The number of thiazole rings is 1. The van der Waals surface area contributed by atoms with Gasteiger partial charge in [-0.15, -0.1) is 11.3 Å². The molecule has 2 aromatic rings. The van der Waals surface area contributed by atoms with Crippen molar-refractivity contribution in [1.29, 1.82) is 0 Å². The molecule has 0 saturated carbocycles. The first kappa shape index (κ1) is 23.0. The summed E-state index contributed by atoms with van der Waals surface area (Å²) in [6, 6.07) is 2.94. The first-order valence-corrected chi connectivity index (χ1v) is 12.0. The minimum Gasteiger partial charge on any atom is -0.301 e. The Hall–Kier alpha value is -1.69. The van der Waals surface area contributed by atoms with Gasteiger partial charge in [-0.2, -0.15) is 13.2 Å². The second-order valence-electron chi connectivity index (χ2n) is 7.13. The lowest BCUT2D eigenvalue weighted by Gasteiger charge is -2.21. The molecule has 0 spiro atoms. The molecule has 1 N–H and O–H groups in total. The van der Waals surface area contributed by atoms with E-state index in [1.165, 1.54) is 12.3 Å². The van der Waals surface area contributed by atoms with E-state index in [0.717, 1.165) is 23.5 Å². The van der Waals surface area contributed by atoms with Crippen LogP contribution < -0.4 is 5.32 Å². The van der Waals surface area contributed by atoms with Crippen molar-refractivity contribution in [3.8, 4) is 0 Å². The number of carbonyl (C=O) groups is 1. The third kappa shape index (κ3) is 5.93. The van der Waals surface area contributed by atoms with Crippen molar-refractivity contribution in [3.63, 3.8) is 0 Å². The number of aromatic nitrogens is 1. The van der Waals surface area contributed by atoms with Gasteiger partial charge < -0.3 is 5.32 Å². The van der Waals surface area contributed by atoms with Gasteiger partial charge in [-0.05, 0) is 37.2 Å². The van der Waals surface area contributed by atoms with Crippen molar-refractivity contribution in [1.82, 2.24) is 9.88 Å². The van der Waals surface area contributed by atoms with E-state index < -0.39 is 21.6 Å². The van der Waals surface area contributed by atoms with Gasteiger partial charge in [-0.25, -0.2) is 13.4 Å². The smallest absolute Gasteiger partial charge is 0.301 e. The topological polar surface area (TPSA) is 79.4 Å². The van der Waals surface area contributed by atoms with Crippen LogP contribution in [0.3, 0.4) is 0 Å². The zero-order valence-corrected chi connectivity index (χ0v) is 18.3. The summed E-state index contributed by atoms with van der Waals surface area (Å²) in [4.78, 5) is 18.7. The van der Waals surface area contributed by atoms with Gasteiger partial charge >= 0.3 is 6.18 Å². The summed E-state index contributed by atoms with van der Waals surface area (Å²) in [6.45, 7) is 0.00849. The molecule has 12 heteroatoms. The molecule has 1 amide bonds. The number of hydrogen-bond donors (Lipinski definition) is 1. The number of anilines is 1. The summed E-state index contributed by atoms with van der Waals surface area (Å²) in [5.74, 6) is -0.187. The van der Waals surface area contributed by atoms with Crippen molar-refractivity contribution < 1.29 is 26.4 Å². The fraction of sp³-hybridized carbons (Fsp3) is 0.444. The summed E-state index contributed by atoms with van der Waals surface area (Å²) in [5, 5.41) is 3.17. The van der Waals surface area contributed by atoms with Crippen molar-refractivity contribution in [2.24, 2.45) is 0 Å². The SMILES string of the molecule is CN(CC(=O)Nc1ncc(Cc2cc(C(F)(F)F)ccc2Cl)s1)C1CCS(=O)(=O)C1. The molecular weight excluding hydrogens is 463 g/mol. The third-order valence-corrected chi connectivity index (χ3v) is 7.79. The molecule has 0 aliphatic carbocycles. The first-order chi connectivity index (χ1) is 13.9. The normalized spacial score (nSPS) is 18.7. The number of carbonyl (C=O) groups excluding carboxylic acids is 1. The van der Waals surface area contributed by atoms with Crippen LogP contribution >= 0.6 is 22.9 Å². The van der Waals surface area contributed by atoms with Gasteiger partial charge in [0.2, 0.25) is 5.91 Å². The Morgan fingerprint density at radius 2 is 2.13 bits per heavy atom. The van der Waals surface area contributed by atoms with Crippen molar-refractivity contribution in [2.45, 2.75) is 25.1 Å². The van der Waals surface area contributed by atoms with Crippen LogP contribution in [0.25, 0.3) is 0 Å². The minimum absolute atomic E-state index is 0.00849. The van der Waals surface area contributed by atoms with Gasteiger partial charge in [-0.3, -0.25) is 9.69 Å². The highest BCUT2D eigenvalue weighted by atomic mass is 35.5.